The molecule has 0 spiro atoms. The number of pyridine rings is 1. The van der Waals surface area contributed by atoms with E-state index in [1.165, 1.54) is 0 Å². The van der Waals surface area contributed by atoms with Crippen molar-refractivity contribution in [1.29, 1.82) is 0 Å². The van der Waals surface area contributed by atoms with Crippen LogP contribution in [0.15, 0.2) is 51.9 Å². The fourth-order valence-corrected chi connectivity index (χ4v) is 3.19. The Balaban J connectivity index is 1.18. The highest BCUT2D eigenvalue weighted by Gasteiger charge is 2.11. The molecule has 0 bridgehead atoms. The maximum Gasteiger partial charge on any atom is 0.272 e. The summed E-state index contributed by atoms with van der Waals surface area (Å²) in [5.41, 5.74) is 0.477. The van der Waals surface area contributed by atoms with Gasteiger partial charge in [0.15, 0.2) is 5.82 Å². The molecule has 0 radical (unpaired) electrons. The molecule has 3 N–H and O–H groups in total. The summed E-state index contributed by atoms with van der Waals surface area (Å²) in [7, 11) is 1.54. The third-order valence-corrected chi connectivity index (χ3v) is 4.90. The van der Waals surface area contributed by atoms with Crippen LogP contribution >= 0.6 is 0 Å². The molecule has 0 atom stereocenters. The normalized spacial score (nSPS) is 10.8. The van der Waals surface area contributed by atoms with Gasteiger partial charge in [0.1, 0.15) is 0 Å². The molecule has 0 aliphatic rings. The molecular weight excluding hydrogens is 426 g/mol. The van der Waals surface area contributed by atoms with Crippen LogP contribution in [-0.4, -0.2) is 51.4 Å². The molecule has 1 amide bonds. The lowest BCUT2D eigenvalue weighted by Crippen LogP contribution is -2.26. The zero-order chi connectivity index (χ0) is 23.0. The number of carbonyl (C=O) groups is 1. The average molecular weight is 449 g/mol. The van der Waals surface area contributed by atoms with E-state index >= 15 is 0 Å². The number of fused-ring (bicyclic) bond motifs is 1. The Morgan fingerprint density at radius 3 is 2.79 bits per heavy atom. The topological polar surface area (TPSA) is 148 Å². The number of hydrogen-bond donors (Lipinski definition) is 3. The van der Waals surface area contributed by atoms with Crippen LogP contribution in [0.4, 0.5) is 5.82 Å². The highest BCUT2D eigenvalue weighted by molar-refractivity contribution is 5.90. The molecule has 0 fully saturated rings. The van der Waals surface area contributed by atoms with Crippen molar-refractivity contribution in [3.63, 3.8) is 0 Å². The van der Waals surface area contributed by atoms with Gasteiger partial charge in [0, 0.05) is 49.1 Å². The van der Waals surface area contributed by atoms with Crippen LogP contribution < -0.4 is 20.9 Å². The molecule has 3 heterocycles. The van der Waals surface area contributed by atoms with Crippen molar-refractivity contribution in [2.24, 2.45) is 0 Å². The number of hydrogen-bond acceptors (Lipinski definition) is 9. The van der Waals surface area contributed by atoms with Crippen LogP contribution in [0, 0.1) is 0 Å². The predicted molar refractivity (Wildman–Crippen MR) is 121 cm³/mol. The molecule has 170 valence electrons. The number of amides is 1. The molecule has 0 saturated carbocycles. The second kappa shape index (κ2) is 10.4. The van der Waals surface area contributed by atoms with E-state index < -0.39 is 0 Å². The molecule has 11 heteroatoms. The van der Waals surface area contributed by atoms with Gasteiger partial charge in [-0.15, -0.1) is 0 Å². The molecular formula is C22H23N7O4. The smallest absolute Gasteiger partial charge is 0.272 e. The van der Waals surface area contributed by atoms with Gasteiger partial charge >= 0.3 is 0 Å². The minimum Gasteiger partial charge on any atom is -0.481 e. The number of aromatic nitrogens is 5. The molecule has 1 aromatic carbocycles. The lowest BCUT2D eigenvalue weighted by Gasteiger charge is -2.08. The number of anilines is 1. The fourth-order valence-electron chi connectivity index (χ4n) is 3.19. The Kier molecular flexibility index (Phi) is 6.88. The second-order valence-electron chi connectivity index (χ2n) is 7.18. The summed E-state index contributed by atoms with van der Waals surface area (Å²) in [6, 6.07) is 10.8. The Morgan fingerprint density at radius 2 is 2.00 bits per heavy atom. The summed E-state index contributed by atoms with van der Waals surface area (Å²) >= 11 is 0. The van der Waals surface area contributed by atoms with Crippen molar-refractivity contribution in [1.82, 2.24) is 30.6 Å². The first-order chi connectivity index (χ1) is 16.1. The quantitative estimate of drug-likeness (QED) is 0.309. The first kappa shape index (κ1) is 21.9. The number of methoxy groups -OCH3 is 1. The van der Waals surface area contributed by atoms with Gasteiger partial charge in [-0.1, -0.05) is 23.4 Å². The molecule has 0 aliphatic carbocycles. The van der Waals surface area contributed by atoms with Crippen LogP contribution in [0.2, 0.25) is 0 Å². The summed E-state index contributed by atoms with van der Waals surface area (Å²) in [6.45, 7) is 1.09. The van der Waals surface area contributed by atoms with Crippen molar-refractivity contribution >= 4 is 22.5 Å². The van der Waals surface area contributed by atoms with Crippen molar-refractivity contribution in [2.75, 3.05) is 25.5 Å². The number of nitrogens with one attached hydrogen (secondary N) is 3. The van der Waals surface area contributed by atoms with Crippen LogP contribution in [0.5, 0.6) is 5.88 Å². The number of carbonyl (C=O) groups excluding carboxylic acids is 1. The molecule has 0 unspecified atom stereocenters. The molecule has 33 heavy (non-hydrogen) atoms. The van der Waals surface area contributed by atoms with Gasteiger partial charge in [-0.2, -0.15) is 10.1 Å². The fraction of sp³-hybridized carbons (Fsp3) is 0.273. The number of aryl methyl sites for hydroxylation is 1. The van der Waals surface area contributed by atoms with E-state index in [1.54, 1.807) is 31.5 Å². The monoisotopic (exact) mass is 449 g/mol. The third-order valence-electron chi connectivity index (χ3n) is 4.90. The van der Waals surface area contributed by atoms with Gasteiger partial charge in [0.05, 0.1) is 12.5 Å². The Bertz CT molecular complexity index is 1280. The highest BCUT2D eigenvalue weighted by atomic mass is 16.5. The van der Waals surface area contributed by atoms with Crippen LogP contribution in [0.1, 0.15) is 18.7 Å². The first-order valence-electron chi connectivity index (χ1n) is 10.4. The van der Waals surface area contributed by atoms with Crippen molar-refractivity contribution in [3.8, 4) is 17.3 Å². The summed E-state index contributed by atoms with van der Waals surface area (Å²) in [5, 5.41) is 17.9. The highest BCUT2D eigenvalue weighted by Crippen LogP contribution is 2.18. The minimum absolute atomic E-state index is 0.103. The predicted octanol–water partition coefficient (Wildman–Crippen LogP) is 1.93. The van der Waals surface area contributed by atoms with E-state index in [0.717, 1.165) is 5.39 Å². The number of nitrogens with zero attached hydrogens (tertiary/aromatic N) is 4. The minimum atomic E-state index is -0.225. The summed E-state index contributed by atoms with van der Waals surface area (Å²) < 4.78 is 10.2. The Labute approximate surface area is 188 Å². The van der Waals surface area contributed by atoms with E-state index in [4.69, 9.17) is 9.26 Å². The molecule has 0 aliphatic heterocycles. The molecule has 4 rings (SSSR count). The maximum absolute atomic E-state index is 12.1. The molecule has 4 aromatic rings. The number of benzene rings is 1. The second-order valence-corrected chi connectivity index (χ2v) is 7.18. The molecule has 11 nitrogen and oxygen atoms in total. The Hall–Kier alpha value is -4.28. The number of H-pyrrole nitrogens is 1. The average Bonchev–Trinajstić information content (AvgIpc) is 3.33. The van der Waals surface area contributed by atoms with Gasteiger partial charge in [-0.3, -0.25) is 9.59 Å². The number of rotatable bonds is 10. The van der Waals surface area contributed by atoms with Crippen LogP contribution in [0.25, 0.3) is 22.2 Å². The Morgan fingerprint density at radius 1 is 1.15 bits per heavy atom. The summed E-state index contributed by atoms with van der Waals surface area (Å²) in [4.78, 5) is 32.4. The van der Waals surface area contributed by atoms with E-state index in [2.05, 4.69) is 36.0 Å². The lowest BCUT2D eigenvalue weighted by atomic mass is 10.2. The van der Waals surface area contributed by atoms with Crippen molar-refractivity contribution in [2.45, 2.75) is 19.3 Å². The van der Waals surface area contributed by atoms with E-state index in [0.29, 0.717) is 60.3 Å². The largest absolute Gasteiger partial charge is 0.481 e. The van der Waals surface area contributed by atoms with Crippen molar-refractivity contribution < 1.29 is 14.1 Å². The third kappa shape index (κ3) is 5.50. The van der Waals surface area contributed by atoms with Crippen LogP contribution in [0.3, 0.4) is 0 Å². The van der Waals surface area contributed by atoms with Gasteiger partial charge in [0.2, 0.25) is 23.5 Å². The van der Waals surface area contributed by atoms with E-state index in [9.17, 15) is 9.59 Å². The molecule has 3 aromatic heterocycles. The first-order valence-corrected chi connectivity index (χ1v) is 10.4. The number of aromatic amines is 1. The lowest BCUT2D eigenvalue weighted by molar-refractivity contribution is -0.121. The maximum atomic E-state index is 12.1. The van der Waals surface area contributed by atoms with Crippen LogP contribution in [-0.2, 0) is 11.2 Å². The molecule has 0 saturated heterocycles. The summed E-state index contributed by atoms with van der Waals surface area (Å²) in [5.74, 6) is 1.80. The SMILES string of the molecule is COc1ccc(-c2noc(CCC(=O)NCCCNc3n[nH]c(=O)c4ccccc34)n2)cn1. The zero-order valence-electron chi connectivity index (χ0n) is 18.0. The summed E-state index contributed by atoms with van der Waals surface area (Å²) in [6.07, 6.45) is 2.87. The van der Waals surface area contributed by atoms with E-state index in [1.807, 2.05) is 18.2 Å². The van der Waals surface area contributed by atoms with E-state index in [-0.39, 0.29) is 17.9 Å². The van der Waals surface area contributed by atoms with Gasteiger partial charge in [0.25, 0.3) is 5.56 Å². The standard InChI is InChI=1S/C22H23N7O4/c1-32-18-9-7-14(13-25-18)20-26-19(33-29-20)10-8-17(30)23-11-4-12-24-21-15-5-2-3-6-16(15)22(31)28-27-21/h2-3,5-7,9,13H,4,8,10-12H2,1H3,(H,23,30)(H,24,27)(H,28,31). The zero-order valence-corrected chi connectivity index (χ0v) is 18.0. The van der Waals surface area contributed by atoms with Crippen molar-refractivity contribution in [3.05, 3.63) is 58.8 Å². The number of ether oxygens (including phenoxy) is 1. The van der Waals surface area contributed by atoms with Gasteiger partial charge in [-0.05, 0) is 18.6 Å². The van der Waals surface area contributed by atoms with Gasteiger partial charge < -0.3 is 19.9 Å². The van der Waals surface area contributed by atoms with Gasteiger partial charge in [-0.25, -0.2) is 10.1 Å².